The van der Waals surface area contributed by atoms with E-state index < -0.39 is 6.16 Å². The van der Waals surface area contributed by atoms with Gasteiger partial charge in [-0.2, -0.15) is 0 Å². The van der Waals surface area contributed by atoms with Crippen LogP contribution in [0.1, 0.15) is 111 Å². The topological polar surface area (TPSA) is 35.5 Å². The van der Waals surface area contributed by atoms with Crippen molar-refractivity contribution in [1.82, 2.24) is 0 Å². The van der Waals surface area contributed by atoms with E-state index in [9.17, 15) is 4.79 Å². The van der Waals surface area contributed by atoms with Crippen LogP contribution in [-0.2, 0) is 9.47 Å². The van der Waals surface area contributed by atoms with E-state index in [0.717, 1.165) is 41.9 Å². The lowest BCUT2D eigenvalue weighted by Gasteiger charge is -2.61. The lowest BCUT2D eigenvalue weighted by molar-refractivity contribution is -0.114. The zero-order valence-corrected chi connectivity index (χ0v) is 21.7. The molecule has 184 valence electrons. The molecule has 32 heavy (non-hydrogen) atoms. The third-order valence-corrected chi connectivity index (χ3v) is 11.4. The Hall–Kier alpha value is -0.730. The van der Waals surface area contributed by atoms with Crippen LogP contribution in [0.25, 0.3) is 0 Å². The maximum atomic E-state index is 11.2. The molecule has 3 heteroatoms. The fourth-order valence-corrected chi connectivity index (χ4v) is 9.61. The minimum Gasteiger partial charge on any atom is -0.438 e. The SMILES string of the molecule is COC(=O)OCC(C)CCC[C@@H](C)[C@H]1CC[C@H]2[C@@H]3CCC4CCCC[C@]4(C)[C@H]3CC[C@]12C. The molecule has 0 radical (unpaired) electrons. The number of carbonyl (C=O) groups is 1. The zero-order valence-electron chi connectivity index (χ0n) is 21.7. The minimum absolute atomic E-state index is 0.412. The molecule has 0 saturated heterocycles. The van der Waals surface area contributed by atoms with E-state index in [4.69, 9.17) is 4.74 Å². The first kappa shape index (κ1) is 24.4. The number of rotatable bonds is 7. The van der Waals surface area contributed by atoms with Crippen LogP contribution in [0, 0.1) is 52.3 Å². The van der Waals surface area contributed by atoms with E-state index in [2.05, 4.69) is 32.4 Å². The first-order valence-electron chi connectivity index (χ1n) is 14.0. The molecule has 0 N–H and O–H groups in total. The summed E-state index contributed by atoms with van der Waals surface area (Å²) in [6.45, 7) is 10.6. The molecular weight excluding hydrogens is 396 g/mol. The van der Waals surface area contributed by atoms with E-state index in [1.807, 2.05) is 0 Å². The molecule has 2 unspecified atom stereocenters. The van der Waals surface area contributed by atoms with Gasteiger partial charge in [0.15, 0.2) is 0 Å². The summed E-state index contributed by atoms with van der Waals surface area (Å²) in [5, 5.41) is 0. The molecule has 0 aromatic carbocycles. The van der Waals surface area contributed by atoms with Crippen molar-refractivity contribution in [2.75, 3.05) is 13.7 Å². The van der Waals surface area contributed by atoms with Crippen LogP contribution in [0.3, 0.4) is 0 Å². The zero-order chi connectivity index (χ0) is 22.9. The van der Waals surface area contributed by atoms with Gasteiger partial charge >= 0.3 is 6.16 Å². The van der Waals surface area contributed by atoms with Gasteiger partial charge in [-0.1, -0.05) is 53.4 Å². The Morgan fingerprint density at radius 2 is 1.69 bits per heavy atom. The predicted molar refractivity (Wildman–Crippen MR) is 130 cm³/mol. The molecule has 0 heterocycles. The molecule has 0 bridgehead atoms. The average Bonchev–Trinajstić information content (AvgIpc) is 3.14. The highest BCUT2D eigenvalue weighted by Gasteiger charge is 2.60. The van der Waals surface area contributed by atoms with Crippen molar-refractivity contribution in [2.45, 2.75) is 111 Å². The highest BCUT2D eigenvalue weighted by molar-refractivity contribution is 5.59. The van der Waals surface area contributed by atoms with Crippen LogP contribution in [-0.4, -0.2) is 19.9 Å². The Balaban J connectivity index is 1.32. The predicted octanol–water partition coefficient (Wildman–Crippen LogP) is 8.26. The van der Waals surface area contributed by atoms with Gasteiger partial charge in [0.2, 0.25) is 0 Å². The van der Waals surface area contributed by atoms with Crippen molar-refractivity contribution in [3.05, 3.63) is 0 Å². The number of carbonyl (C=O) groups excluding carboxylic acids is 1. The standard InChI is InChI=1S/C29H50O3/c1-20(19-32-27(30)31-5)9-8-10-21(2)24-14-15-25-23-13-12-22-11-6-7-17-28(22,3)26(23)16-18-29(24,25)4/h20-26H,6-19H2,1-5H3/t20?,21-,22?,23+,24-,25+,26+,28+,29-/m1/s1. The summed E-state index contributed by atoms with van der Waals surface area (Å²) < 4.78 is 9.72. The van der Waals surface area contributed by atoms with Crippen LogP contribution in [0.5, 0.6) is 0 Å². The van der Waals surface area contributed by atoms with Gasteiger partial charge in [0, 0.05) is 0 Å². The summed E-state index contributed by atoms with van der Waals surface area (Å²) in [4.78, 5) is 11.2. The minimum atomic E-state index is -0.554. The second-order valence-corrected chi connectivity index (χ2v) is 12.9. The molecule has 0 spiro atoms. The van der Waals surface area contributed by atoms with Crippen LogP contribution in [0.4, 0.5) is 4.79 Å². The van der Waals surface area contributed by atoms with Crippen LogP contribution >= 0.6 is 0 Å². The second kappa shape index (κ2) is 9.87. The van der Waals surface area contributed by atoms with E-state index in [-0.39, 0.29) is 0 Å². The fraction of sp³-hybridized carbons (Fsp3) is 0.966. The third kappa shape index (κ3) is 4.48. The Labute approximate surface area is 197 Å². The molecule has 4 fully saturated rings. The first-order valence-corrected chi connectivity index (χ1v) is 14.0. The Morgan fingerprint density at radius 3 is 2.47 bits per heavy atom. The van der Waals surface area contributed by atoms with Crippen molar-refractivity contribution in [2.24, 2.45) is 52.3 Å². The number of ether oxygens (including phenoxy) is 2. The summed E-state index contributed by atoms with van der Waals surface area (Å²) >= 11 is 0. The third-order valence-electron chi connectivity index (χ3n) is 11.4. The van der Waals surface area contributed by atoms with Crippen LogP contribution in [0.2, 0.25) is 0 Å². The van der Waals surface area contributed by atoms with Gasteiger partial charge in [0.1, 0.15) is 0 Å². The van der Waals surface area contributed by atoms with Crippen molar-refractivity contribution < 1.29 is 14.3 Å². The lowest BCUT2D eigenvalue weighted by atomic mass is 9.44. The van der Waals surface area contributed by atoms with E-state index in [0.29, 0.717) is 23.4 Å². The molecule has 0 amide bonds. The van der Waals surface area contributed by atoms with Crippen LogP contribution in [0.15, 0.2) is 0 Å². The van der Waals surface area contributed by atoms with E-state index in [1.54, 1.807) is 0 Å². The van der Waals surface area contributed by atoms with E-state index in [1.165, 1.54) is 84.2 Å². The smallest absolute Gasteiger partial charge is 0.438 e. The quantitative estimate of drug-likeness (QED) is 0.369. The second-order valence-electron chi connectivity index (χ2n) is 12.9. The maximum Gasteiger partial charge on any atom is 0.507 e. The molecule has 0 aromatic heterocycles. The van der Waals surface area contributed by atoms with Crippen molar-refractivity contribution >= 4 is 6.16 Å². The molecule has 4 saturated carbocycles. The summed E-state index contributed by atoms with van der Waals surface area (Å²) in [6.07, 6.45) is 18.2. The van der Waals surface area contributed by atoms with Crippen molar-refractivity contribution in [1.29, 1.82) is 0 Å². The normalized spacial score (nSPS) is 42.8. The Bertz CT molecular complexity index is 646. The molecule has 4 aliphatic carbocycles. The number of hydrogen-bond donors (Lipinski definition) is 0. The largest absolute Gasteiger partial charge is 0.507 e. The molecular formula is C29H50O3. The van der Waals surface area contributed by atoms with Gasteiger partial charge in [-0.15, -0.1) is 0 Å². The summed E-state index contributed by atoms with van der Waals surface area (Å²) in [5.74, 6) is 6.19. The molecule has 4 aliphatic rings. The Morgan fingerprint density at radius 1 is 0.906 bits per heavy atom. The lowest BCUT2D eigenvalue weighted by Crippen LogP contribution is -2.53. The number of methoxy groups -OCH3 is 1. The molecule has 4 rings (SSSR count). The highest BCUT2D eigenvalue weighted by Crippen LogP contribution is 2.68. The van der Waals surface area contributed by atoms with Crippen molar-refractivity contribution in [3.63, 3.8) is 0 Å². The van der Waals surface area contributed by atoms with E-state index >= 15 is 0 Å². The summed E-state index contributed by atoms with van der Waals surface area (Å²) in [7, 11) is 1.37. The van der Waals surface area contributed by atoms with Gasteiger partial charge in [-0.3, -0.25) is 0 Å². The maximum absolute atomic E-state index is 11.2. The molecule has 3 nitrogen and oxygen atoms in total. The molecule has 0 aliphatic heterocycles. The van der Waals surface area contributed by atoms with Gasteiger partial charge in [0.05, 0.1) is 13.7 Å². The van der Waals surface area contributed by atoms with Gasteiger partial charge in [0.25, 0.3) is 0 Å². The van der Waals surface area contributed by atoms with Gasteiger partial charge in [-0.05, 0) is 110 Å². The fourth-order valence-electron chi connectivity index (χ4n) is 9.61. The van der Waals surface area contributed by atoms with Gasteiger partial charge in [-0.25, -0.2) is 4.79 Å². The monoisotopic (exact) mass is 446 g/mol. The average molecular weight is 447 g/mol. The molecule has 0 aromatic rings. The first-order chi connectivity index (χ1) is 15.3. The molecule has 9 atom stereocenters. The number of fused-ring (bicyclic) bond motifs is 5. The van der Waals surface area contributed by atoms with Gasteiger partial charge < -0.3 is 9.47 Å². The van der Waals surface area contributed by atoms with Crippen LogP contribution < -0.4 is 0 Å². The Kier molecular flexibility index (Phi) is 7.52. The number of hydrogen-bond acceptors (Lipinski definition) is 3. The highest BCUT2D eigenvalue weighted by atomic mass is 16.7. The summed E-state index contributed by atoms with van der Waals surface area (Å²) in [6, 6.07) is 0. The van der Waals surface area contributed by atoms with Crippen molar-refractivity contribution in [3.8, 4) is 0 Å². The summed E-state index contributed by atoms with van der Waals surface area (Å²) in [5.41, 5.74) is 1.24.